The number of nitrogens with one attached hydrogen (secondary N) is 1. The van der Waals surface area contributed by atoms with Crippen molar-refractivity contribution < 1.29 is 14.0 Å². The maximum absolute atomic E-state index is 13.4. The molecule has 2 aliphatic rings. The average molecular weight is 395 g/mol. The minimum absolute atomic E-state index is 0.0249. The molecule has 29 heavy (non-hydrogen) atoms. The highest BCUT2D eigenvalue weighted by Gasteiger charge is 2.47. The summed E-state index contributed by atoms with van der Waals surface area (Å²) in [7, 11) is 0. The summed E-state index contributed by atoms with van der Waals surface area (Å²) in [6.07, 6.45) is 5.15. The van der Waals surface area contributed by atoms with Crippen LogP contribution in [-0.2, 0) is 4.79 Å². The van der Waals surface area contributed by atoms with Crippen LogP contribution in [0.4, 0.5) is 0 Å². The third-order valence-corrected chi connectivity index (χ3v) is 6.55. The lowest BCUT2D eigenvalue weighted by Gasteiger charge is -2.34. The van der Waals surface area contributed by atoms with Gasteiger partial charge in [0, 0.05) is 17.2 Å². The summed E-state index contributed by atoms with van der Waals surface area (Å²) in [6.45, 7) is 5.80. The number of aryl methyl sites for hydroxylation is 2. The van der Waals surface area contributed by atoms with E-state index in [0.29, 0.717) is 11.5 Å². The van der Waals surface area contributed by atoms with Crippen LogP contribution in [0.15, 0.2) is 40.8 Å². The van der Waals surface area contributed by atoms with E-state index in [1.807, 2.05) is 62.1 Å². The Balaban J connectivity index is 1.57. The molecule has 0 bridgehead atoms. The number of benzene rings is 1. The van der Waals surface area contributed by atoms with E-state index in [4.69, 9.17) is 4.42 Å². The van der Waals surface area contributed by atoms with Crippen LogP contribution in [0, 0.1) is 19.8 Å². The van der Waals surface area contributed by atoms with Crippen molar-refractivity contribution >= 4 is 11.8 Å². The van der Waals surface area contributed by atoms with E-state index in [9.17, 15) is 9.59 Å². The van der Waals surface area contributed by atoms with Crippen LogP contribution in [0.2, 0.25) is 0 Å². The summed E-state index contributed by atoms with van der Waals surface area (Å²) in [4.78, 5) is 28.5. The molecule has 1 saturated carbocycles. The number of amides is 2. The third kappa shape index (κ3) is 3.83. The highest BCUT2D eigenvalue weighted by molar-refractivity contribution is 5.98. The zero-order chi connectivity index (χ0) is 20.5. The Labute approximate surface area is 172 Å². The van der Waals surface area contributed by atoms with Crippen molar-refractivity contribution in [1.29, 1.82) is 0 Å². The van der Waals surface area contributed by atoms with Crippen molar-refractivity contribution in [2.24, 2.45) is 5.92 Å². The quantitative estimate of drug-likeness (QED) is 0.828. The molecule has 1 aromatic carbocycles. The molecule has 4 unspecified atom stereocenters. The van der Waals surface area contributed by atoms with Crippen LogP contribution in [-0.4, -0.2) is 28.8 Å². The number of carbonyl (C=O) groups is 2. The predicted molar refractivity (Wildman–Crippen MR) is 112 cm³/mol. The lowest BCUT2D eigenvalue weighted by atomic mass is 9.84. The molecule has 4 rings (SSSR count). The molecular weight excluding hydrogens is 364 g/mol. The van der Waals surface area contributed by atoms with E-state index in [0.717, 1.165) is 42.8 Å². The van der Waals surface area contributed by atoms with Crippen molar-refractivity contribution in [3.63, 3.8) is 0 Å². The molecule has 0 spiro atoms. The van der Waals surface area contributed by atoms with Gasteiger partial charge in [-0.3, -0.25) is 9.59 Å². The second kappa shape index (κ2) is 8.05. The molecule has 5 nitrogen and oxygen atoms in total. The molecule has 1 aromatic heterocycles. The van der Waals surface area contributed by atoms with Crippen LogP contribution in [0.1, 0.15) is 72.5 Å². The third-order valence-electron chi connectivity index (χ3n) is 6.55. The largest absolute Gasteiger partial charge is 0.466 e. The fraction of sp³-hybridized carbons (Fsp3) is 0.500. The van der Waals surface area contributed by atoms with Crippen LogP contribution < -0.4 is 5.32 Å². The molecule has 2 amide bonds. The lowest BCUT2D eigenvalue weighted by molar-refractivity contribution is -0.125. The van der Waals surface area contributed by atoms with Crippen molar-refractivity contribution in [3.05, 3.63) is 59.0 Å². The first-order valence-electron chi connectivity index (χ1n) is 10.7. The van der Waals surface area contributed by atoms with Gasteiger partial charge in [-0.15, -0.1) is 0 Å². The maximum atomic E-state index is 13.4. The van der Waals surface area contributed by atoms with Gasteiger partial charge in [0.1, 0.15) is 17.6 Å². The maximum Gasteiger partial charge on any atom is 0.254 e. The standard InChI is InChI=1S/C24H30N2O3/c1-15-13-20(17(3)29-15)16(2)25-23(27)22-14-19-11-7-8-12-21(19)26(22)24(28)18-9-5-4-6-10-18/h4-6,9-10,13,16,19,21-22H,7-8,11-12,14H2,1-3H3,(H,25,27). The van der Waals surface area contributed by atoms with Crippen LogP contribution >= 0.6 is 0 Å². The number of hydrogen-bond donors (Lipinski definition) is 1. The highest BCUT2D eigenvalue weighted by Crippen LogP contribution is 2.40. The summed E-state index contributed by atoms with van der Waals surface area (Å²) in [6, 6.07) is 10.9. The van der Waals surface area contributed by atoms with E-state index in [-0.39, 0.29) is 23.9 Å². The van der Waals surface area contributed by atoms with Gasteiger partial charge in [-0.2, -0.15) is 0 Å². The summed E-state index contributed by atoms with van der Waals surface area (Å²) in [5.74, 6) is 2.00. The zero-order valence-corrected chi connectivity index (χ0v) is 17.5. The Kier molecular flexibility index (Phi) is 5.48. The topological polar surface area (TPSA) is 62.6 Å². The van der Waals surface area contributed by atoms with E-state index in [2.05, 4.69) is 5.32 Å². The van der Waals surface area contributed by atoms with Gasteiger partial charge < -0.3 is 14.6 Å². The molecule has 1 N–H and O–H groups in total. The van der Waals surface area contributed by atoms with Gasteiger partial charge in [0.05, 0.1) is 6.04 Å². The normalized spacial score (nSPS) is 24.8. The van der Waals surface area contributed by atoms with Gasteiger partial charge in [-0.25, -0.2) is 0 Å². The van der Waals surface area contributed by atoms with Crippen molar-refractivity contribution in [1.82, 2.24) is 10.2 Å². The molecule has 2 aromatic rings. The SMILES string of the molecule is Cc1cc(C(C)NC(=O)C2CC3CCCCC3N2C(=O)c2ccccc2)c(C)o1. The summed E-state index contributed by atoms with van der Waals surface area (Å²) in [5.41, 5.74) is 1.65. The average Bonchev–Trinajstić information content (AvgIpc) is 3.27. The fourth-order valence-electron chi connectivity index (χ4n) is 5.18. The number of furan rings is 1. The van der Waals surface area contributed by atoms with Crippen molar-refractivity contribution in [2.75, 3.05) is 0 Å². The van der Waals surface area contributed by atoms with Gasteiger partial charge >= 0.3 is 0 Å². The van der Waals surface area contributed by atoms with E-state index < -0.39 is 6.04 Å². The van der Waals surface area contributed by atoms with E-state index in [1.165, 1.54) is 6.42 Å². The summed E-state index contributed by atoms with van der Waals surface area (Å²) >= 11 is 0. The number of carbonyl (C=O) groups excluding carboxylic acids is 2. The first kappa shape index (κ1) is 19.7. The molecule has 4 atom stereocenters. The summed E-state index contributed by atoms with van der Waals surface area (Å²) < 4.78 is 5.62. The number of likely N-dealkylation sites (tertiary alicyclic amines) is 1. The molecule has 1 aliphatic heterocycles. The van der Waals surface area contributed by atoms with Gasteiger partial charge in [0.2, 0.25) is 5.91 Å². The highest BCUT2D eigenvalue weighted by atomic mass is 16.3. The Morgan fingerprint density at radius 3 is 2.55 bits per heavy atom. The monoisotopic (exact) mass is 394 g/mol. The molecular formula is C24H30N2O3. The molecule has 1 aliphatic carbocycles. The number of nitrogens with zero attached hydrogens (tertiary/aromatic N) is 1. The second-order valence-corrected chi connectivity index (χ2v) is 8.54. The Bertz CT molecular complexity index is 889. The molecule has 5 heteroatoms. The van der Waals surface area contributed by atoms with Gasteiger partial charge in [0.25, 0.3) is 5.91 Å². The van der Waals surface area contributed by atoms with E-state index >= 15 is 0 Å². The molecule has 2 heterocycles. The van der Waals surface area contributed by atoms with Crippen molar-refractivity contribution in [3.8, 4) is 0 Å². The number of rotatable bonds is 4. The minimum Gasteiger partial charge on any atom is -0.466 e. The van der Waals surface area contributed by atoms with E-state index in [1.54, 1.807) is 0 Å². The van der Waals surface area contributed by atoms with Gasteiger partial charge in [-0.1, -0.05) is 31.0 Å². The Morgan fingerprint density at radius 2 is 1.86 bits per heavy atom. The fourth-order valence-corrected chi connectivity index (χ4v) is 5.18. The Morgan fingerprint density at radius 1 is 1.14 bits per heavy atom. The second-order valence-electron chi connectivity index (χ2n) is 8.54. The number of fused-ring (bicyclic) bond motifs is 1. The Hall–Kier alpha value is -2.56. The van der Waals surface area contributed by atoms with Crippen LogP contribution in [0.25, 0.3) is 0 Å². The summed E-state index contributed by atoms with van der Waals surface area (Å²) in [5, 5.41) is 3.15. The lowest BCUT2D eigenvalue weighted by Crippen LogP contribution is -2.50. The molecule has 0 radical (unpaired) electrons. The van der Waals surface area contributed by atoms with Gasteiger partial charge in [0.15, 0.2) is 0 Å². The minimum atomic E-state index is -0.411. The first-order valence-corrected chi connectivity index (χ1v) is 10.7. The van der Waals surface area contributed by atoms with Crippen LogP contribution in [0.5, 0.6) is 0 Å². The van der Waals surface area contributed by atoms with Crippen LogP contribution in [0.3, 0.4) is 0 Å². The molecule has 2 fully saturated rings. The van der Waals surface area contributed by atoms with Crippen molar-refractivity contribution in [2.45, 2.75) is 71.0 Å². The smallest absolute Gasteiger partial charge is 0.254 e. The molecule has 154 valence electrons. The first-order chi connectivity index (χ1) is 14.0. The predicted octanol–water partition coefficient (Wildman–Crippen LogP) is 4.55. The molecule has 1 saturated heterocycles. The van der Waals surface area contributed by atoms with Gasteiger partial charge in [-0.05, 0) is 64.2 Å². The number of hydrogen-bond acceptors (Lipinski definition) is 3. The zero-order valence-electron chi connectivity index (χ0n) is 17.5.